The first kappa shape index (κ1) is 27.6. The summed E-state index contributed by atoms with van der Waals surface area (Å²) in [6, 6.07) is 6.58. The fraction of sp³-hybridized carbons (Fsp3) is 0.692. The molecule has 35 heavy (non-hydrogen) atoms. The summed E-state index contributed by atoms with van der Waals surface area (Å²) in [4.78, 5) is 25.9. The van der Waals surface area contributed by atoms with Gasteiger partial charge in [0.1, 0.15) is 0 Å². The van der Waals surface area contributed by atoms with E-state index in [1.807, 2.05) is 34.6 Å². The monoisotopic (exact) mass is 507 g/mol. The molecule has 1 aromatic rings. The topological polar surface area (TPSA) is 105 Å². The third kappa shape index (κ3) is 7.51. The van der Waals surface area contributed by atoms with Gasteiger partial charge in [-0.05, 0) is 57.8 Å². The minimum Gasteiger partial charge on any atom is -0.352 e. The molecule has 2 atom stereocenters. The highest BCUT2D eigenvalue weighted by Gasteiger charge is 2.40. The van der Waals surface area contributed by atoms with Crippen LogP contribution in [0.4, 0.5) is 0 Å². The molecular formula is C26H41N3O5S. The van der Waals surface area contributed by atoms with Gasteiger partial charge in [0.05, 0.1) is 17.5 Å². The smallest absolute Gasteiger partial charge is 0.297 e. The van der Waals surface area contributed by atoms with Crippen molar-refractivity contribution in [3.8, 4) is 0 Å². The zero-order valence-electron chi connectivity index (χ0n) is 21.7. The van der Waals surface area contributed by atoms with Gasteiger partial charge >= 0.3 is 0 Å². The van der Waals surface area contributed by atoms with Crippen LogP contribution >= 0.6 is 0 Å². The van der Waals surface area contributed by atoms with Crippen LogP contribution in [0, 0.1) is 17.8 Å². The fourth-order valence-electron chi connectivity index (χ4n) is 4.89. The SMILES string of the molecule is CC1(C)C[C@@H](CN2CCCCC2)NC1=O.Cc1ccc(S(=O)(=O)OC[C@@H]2CC(C)(C)C(=O)N2)cc1. The molecule has 196 valence electrons. The Kier molecular flexibility index (Phi) is 8.65. The first-order chi connectivity index (χ1) is 16.3. The normalized spacial score (nSPS) is 26.0. The Morgan fingerprint density at radius 2 is 1.40 bits per heavy atom. The number of carbonyl (C=O) groups excluding carboxylic acids is 2. The zero-order chi connectivity index (χ0) is 25.9. The molecule has 4 rings (SSSR count). The van der Waals surface area contributed by atoms with E-state index in [0.717, 1.165) is 18.5 Å². The lowest BCUT2D eigenvalue weighted by Crippen LogP contribution is -2.41. The summed E-state index contributed by atoms with van der Waals surface area (Å²) in [5, 5.41) is 5.86. The van der Waals surface area contributed by atoms with Gasteiger partial charge in [-0.2, -0.15) is 8.42 Å². The van der Waals surface area contributed by atoms with Gasteiger partial charge in [-0.1, -0.05) is 51.8 Å². The summed E-state index contributed by atoms with van der Waals surface area (Å²) >= 11 is 0. The van der Waals surface area contributed by atoms with Gasteiger partial charge < -0.3 is 15.5 Å². The van der Waals surface area contributed by atoms with Crippen molar-refractivity contribution in [1.29, 1.82) is 0 Å². The Bertz CT molecular complexity index is 998. The Labute approximate surface area is 210 Å². The maximum atomic E-state index is 12.0. The molecule has 2 N–H and O–H groups in total. The molecule has 0 aliphatic carbocycles. The van der Waals surface area contributed by atoms with E-state index in [-0.39, 0.29) is 34.8 Å². The Hall–Kier alpha value is -1.97. The molecule has 2 amide bonds. The molecule has 0 aromatic heterocycles. The highest BCUT2D eigenvalue weighted by atomic mass is 32.2. The minimum atomic E-state index is -3.77. The molecule has 0 saturated carbocycles. The molecule has 3 heterocycles. The van der Waals surface area contributed by atoms with Crippen molar-refractivity contribution < 1.29 is 22.2 Å². The van der Waals surface area contributed by atoms with Crippen molar-refractivity contribution in [2.75, 3.05) is 26.2 Å². The van der Waals surface area contributed by atoms with Crippen molar-refractivity contribution in [2.45, 2.75) is 83.7 Å². The largest absolute Gasteiger partial charge is 0.352 e. The molecule has 3 saturated heterocycles. The number of amides is 2. The second kappa shape index (κ2) is 11.0. The number of nitrogens with zero attached hydrogens (tertiary/aromatic N) is 1. The molecule has 0 unspecified atom stereocenters. The highest BCUT2D eigenvalue weighted by molar-refractivity contribution is 7.86. The van der Waals surface area contributed by atoms with E-state index in [1.165, 1.54) is 44.5 Å². The fourth-order valence-corrected chi connectivity index (χ4v) is 5.84. The number of hydrogen-bond acceptors (Lipinski definition) is 6. The molecule has 3 aliphatic rings. The van der Waals surface area contributed by atoms with Crippen LogP contribution in [0.5, 0.6) is 0 Å². The Morgan fingerprint density at radius 1 is 0.886 bits per heavy atom. The van der Waals surface area contributed by atoms with E-state index in [1.54, 1.807) is 12.1 Å². The summed E-state index contributed by atoms with van der Waals surface area (Å²) < 4.78 is 29.1. The number of nitrogens with one attached hydrogen (secondary N) is 2. The third-order valence-corrected chi connectivity index (χ3v) is 8.37. The summed E-state index contributed by atoms with van der Waals surface area (Å²) in [6.07, 6.45) is 5.57. The van der Waals surface area contributed by atoms with Crippen LogP contribution in [0.2, 0.25) is 0 Å². The first-order valence-electron chi connectivity index (χ1n) is 12.6. The molecular weight excluding hydrogens is 466 g/mol. The summed E-state index contributed by atoms with van der Waals surface area (Å²) in [7, 11) is -3.77. The summed E-state index contributed by atoms with van der Waals surface area (Å²) in [6.45, 7) is 13.1. The maximum Gasteiger partial charge on any atom is 0.297 e. The molecule has 0 bridgehead atoms. The van der Waals surface area contributed by atoms with Gasteiger partial charge in [0, 0.05) is 23.4 Å². The molecule has 3 aliphatic heterocycles. The molecule has 0 radical (unpaired) electrons. The van der Waals surface area contributed by atoms with E-state index < -0.39 is 15.5 Å². The lowest BCUT2D eigenvalue weighted by atomic mass is 9.89. The molecule has 9 heteroatoms. The number of piperidine rings is 1. The maximum absolute atomic E-state index is 12.0. The summed E-state index contributed by atoms with van der Waals surface area (Å²) in [5.41, 5.74) is 0.357. The number of carbonyl (C=O) groups is 2. The van der Waals surface area contributed by atoms with Gasteiger partial charge in [0.2, 0.25) is 11.8 Å². The van der Waals surface area contributed by atoms with Gasteiger partial charge in [-0.25, -0.2) is 0 Å². The number of rotatable bonds is 6. The van der Waals surface area contributed by atoms with Gasteiger partial charge in [0.15, 0.2) is 0 Å². The van der Waals surface area contributed by atoms with E-state index in [2.05, 4.69) is 15.5 Å². The quantitative estimate of drug-likeness (QED) is 0.574. The van der Waals surface area contributed by atoms with Crippen LogP contribution in [0.15, 0.2) is 29.2 Å². The average Bonchev–Trinajstić information content (AvgIpc) is 3.19. The van der Waals surface area contributed by atoms with Crippen molar-refractivity contribution in [3.63, 3.8) is 0 Å². The van der Waals surface area contributed by atoms with E-state index in [4.69, 9.17) is 4.18 Å². The van der Waals surface area contributed by atoms with Crippen molar-refractivity contribution >= 4 is 21.9 Å². The number of aryl methyl sites for hydroxylation is 1. The molecule has 1 aromatic carbocycles. The summed E-state index contributed by atoms with van der Waals surface area (Å²) in [5.74, 6) is 0.156. The predicted octanol–water partition coefficient (Wildman–Crippen LogP) is 3.00. The lowest BCUT2D eigenvalue weighted by molar-refractivity contribution is -0.126. The average molecular weight is 508 g/mol. The van der Waals surface area contributed by atoms with Crippen molar-refractivity contribution in [3.05, 3.63) is 29.8 Å². The zero-order valence-corrected chi connectivity index (χ0v) is 22.5. The van der Waals surface area contributed by atoms with Crippen LogP contribution < -0.4 is 10.6 Å². The van der Waals surface area contributed by atoms with E-state index in [0.29, 0.717) is 12.5 Å². The van der Waals surface area contributed by atoms with Crippen LogP contribution in [-0.4, -0.2) is 63.5 Å². The van der Waals surface area contributed by atoms with Gasteiger partial charge in [-0.15, -0.1) is 0 Å². The first-order valence-corrected chi connectivity index (χ1v) is 14.0. The van der Waals surface area contributed by atoms with Gasteiger partial charge in [-0.3, -0.25) is 13.8 Å². The predicted molar refractivity (Wildman–Crippen MR) is 135 cm³/mol. The second-order valence-electron chi connectivity index (χ2n) is 11.4. The van der Waals surface area contributed by atoms with E-state index >= 15 is 0 Å². The number of hydrogen-bond donors (Lipinski definition) is 2. The number of benzene rings is 1. The minimum absolute atomic E-state index is 0.0363. The molecule has 0 spiro atoms. The van der Waals surface area contributed by atoms with Crippen molar-refractivity contribution in [2.24, 2.45) is 10.8 Å². The lowest BCUT2D eigenvalue weighted by Gasteiger charge is -2.29. The van der Waals surface area contributed by atoms with Crippen LogP contribution in [0.3, 0.4) is 0 Å². The molecule has 3 fully saturated rings. The Balaban J connectivity index is 0.000000203. The van der Waals surface area contributed by atoms with Crippen LogP contribution in [0.1, 0.15) is 65.4 Å². The van der Waals surface area contributed by atoms with Crippen LogP contribution in [-0.2, 0) is 23.9 Å². The van der Waals surface area contributed by atoms with Crippen LogP contribution in [0.25, 0.3) is 0 Å². The number of likely N-dealkylation sites (tertiary alicyclic amines) is 1. The molecule has 8 nitrogen and oxygen atoms in total. The third-order valence-electron chi connectivity index (χ3n) is 7.07. The highest BCUT2D eigenvalue weighted by Crippen LogP contribution is 2.30. The van der Waals surface area contributed by atoms with Crippen molar-refractivity contribution in [1.82, 2.24) is 15.5 Å². The Morgan fingerprint density at radius 3 is 1.89 bits per heavy atom. The second-order valence-corrected chi connectivity index (χ2v) is 13.0. The van der Waals surface area contributed by atoms with Gasteiger partial charge in [0.25, 0.3) is 10.1 Å². The standard InChI is InChI=1S/C14H19NO4S.C12H22N2O/c1-10-4-6-12(7-5-10)20(17,18)19-9-11-8-14(2,3)13(16)15-11;1-12(2)8-10(13-11(12)15)9-14-6-4-3-5-7-14/h4-7,11H,8-9H2,1-3H3,(H,15,16);10H,3-9H2,1-2H3,(H,13,15)/t11-;10-/m00/s1. The van der Waals surface area contributed by atoms with E-state index in [9.17, 15) is 18.0 Å².